The number of halogens is 3. The molecule has 0 aliphatic rings. The van der Waals surface area contributed by atoms with E-state index in [0.717, 1.165) is 15.6 Å². The van der Waals surface area contributed by atoms with Crippen molar-refractivity contribution >= 4 is 11.3 Å². The number of rotatable bonds is 3. The third kappa shape index (κ3) is 3.09. The average Bonchev–Trinajstić information content (AvgIpc) is 2.79. The molecule has 2 aromatic heterocycles. The highest BCUT2D eigenvalue weighted by molar-refractivity contribution is 7.09. The van der Waals surface area contributed by atoms with E-state index >= 15 is 0 Å². The van der Waals surface area contributed by atoms with Crippen LogP contribution in [0.4, 0.5) is 13.2 Å². The molecule has 0 saturated heterocycles. The van der Waals surface area contributed by atoms with Crippen molar-refractivity contribution in [2.45, 2.75) is 32.5 Å². The van der Waals surface area contributed by atoms with Crippen molar-refractivity contribution in [1.82, 2.24) is 9.55 Å². The fourth-order valence-electron chi connectivity index (χ4n) is 1.71. The van der Waals surface area contributed by atoms with Crippen molar-refractivity contribution in [3.05, 3.63) is 50.3 Å². The molecular formula is C13H13F3N2OS. The molecule has 0 aliphatic heterocycles. The summed E-state index contributed by atoms with van der Waals surface area (Å²) in [6.07, 6.45) is -3.29. The number of pyridine rings is 1. The van der Waals surface area contributed by atoms with Crippen molar-refractivity contribution in [1.29, 1.82) is 0 Å². The van der Waals surface area contributed by atoms with Crippen LogP contribution in [0.5, 0.6) is 0 Å². The lowest BCUT2D eigenvalue weighted by Crippen LogP contribution is -2.28. The summed E-state index contributed by atoms with van der Waals surface area (Å²) >= 11 is 1.44. The molecule has 0 atom stereocenters. The molecule has 0 N–H and O–H groups in total. The first-order valence-electron chi connectivity index (χ1n) is 6.00. The fourth-order valence-corrected chi connectivity index (χ4v) is 2.54. The second-order valence-electron chi connectivity index (χ2n) is 4.68. The van der Waals surface area contributed by atoms with Crippen LogP contribution >= 0.6 is 11.3 Å². The lowest BCUT2D eigenvalue weighted by molar-refractivity contribution is -0.138. The molecule has 20 heavy (non-hydrogen) atoms. The van der Waals surface area contributed by atoms with Crippen molar-refractivity contribution < 1.29 is 13.2 Å². The number of nitrogens with zero attached hydrogens (tertiary/aromatic N) is 2. The average molecular weight is 302 g/mol. The van der Waals surface area contributed by atoms with Gasteiger partial charge in [0.15, 0.2) is 0 Å². The minimum Gasteiger partial charge on any atom is -0.309 e. The van der Waals surface area contributed by atoms with Gasteiger partial charge in [0.1, 0.15) is 5.56 Å². The van der Waals surface area contributed by atoms with E-state index in [9.17, 15) is 18.0 Å². The van der Waals surface area contributed by atoms with Crippen LogP contribution in [-0.4, -0.2) is 9.55 Å². The van der Waals surface area contributed by atoms with Crippen LogP contribution in [0.25, 0.3) is 0 Å². The zero-order valence-electron chi connectivity index (χ0n) is 10.9. The maximum atomic E-state index is 12.7. The molecule has 108 valence electrons. The standard InChI is InChI=1S/C13H13F3N2OS/c1-8(2)11-17-9(7-20-11)6-18-5-3-4-10(12(18)19)13(14,15)16/h3-5,7-8H,6H2,1-2H3. The largest absolute Gasteiger partial charge is 0.421 e. The Morgan fingerprint density at radius 1 is 1.40 bits per heavy atom. The van der Waals surface area contributed by atoms with E-state index in [2.05, 4.69) is 4.98 Å². The van der Waals surface area contributed by atoms with Crippen molar-refractivity contribution in [3.8, 4) is 0 Å². The van der Waals surface area contributed by atoms with Crippen molar-refractivity contribution in [2.24, 2.45) is 0 Å². The topological polar surface area (TPSA) is 34.9 Å². The number of hydrogen-bond donors (Lipinski definition) is 0. The first-order chi connectivity index (χ1) is 9.29. The van der Waals surface area contributed by atoms with Gasteiger partial charge in [-0.3, -0.25) is 4.79 Å². The third-order valence-corrected chi connectivity index (χ3v) is 3.92. The van der Waals surface area contributed by atoms with Crippen molar-refractivity contribution in [3.63, 3.8) is 0 Å². The summed E-state index contributed by atoms with van der Waals surface area (Å²) in [4.78, 5) is 16.1. The van der Waals surface area contributed by atoms with Gasteiger partial charge < -0.3 is 4.57 Å². The third-order valence-electron chi connectivity index (χ3n) is 2.72. The van der Waals surface area contributed by atoms with Crippen LogP contribution in [-0.2, 0) is 12.7 Å². The second-order valence-corrected chi connectivity index (χ2v) is 5.57. The predicted molar refractivity (Wildman–Crippen MR) is 71.0 cm³/mol. The molecule has 2 heterocycles. The normalized spacial score (nSPS) is 12.1. The fraction of sp³-hybridized carbons (Fsp3) is 0.385. The van der Waals surface area contributed by atoms with Crippen LogP contribution in [0.15, 0.2) is 28.5 Å². The minimum atomic E-state index is -4.63. The highest BCUT2D eigenvalue weighted by Crippen LogP contribution is 2.26. The van der Waals surface area contributed by atoms with Crippen LogP contribution in [0, 0.1) is 0 Å². The zero-order valence-corrected chi connectivity index (χ0v) is 11.8. The number of thiazole rings is 1. The first-order valence-corrected chi connectivity index (χ1v) is 6.88. The summed E-state index contributed by atoms with van der Waals surface area (Å²) in [7, 11) is 0. The maximum Gasteiger partial charge on any atom is 0.421 e. The monoisotopic (exact) mass is 302 g/mol. The van der Waals surface area contributed by atoms with E-state index in [-0.39, 0.29) is 12.5 Å². The lowest BCUT2D eigenvalue weighted by atomic mass is 10.2. The van der Waals surface area contributed by atoms with E-state index in [1.165, 1.54) is 23.6 Å². The molecule has 2 rings (SSSR count). The molecule has 0 amide bonds. The van der Waals surface area contributed by atoms with Crippen LogP contribution in [0.1, 0.15) is 36.0 Å². The van der Waals surface area contributed by atoms with E-state index in [0.29, 0.717) is 5.69 Å². The highest BCUT2D eigenvalue weighted by Gasteiger charge is 2.34. The summed E-state index contributed by atoms with van der Waals surface area (Å²) in [5, 5.41) is 2.67. The number of alkyl halides is 3. The Hall–Kier alpha value is -1.63. The summed E-state index contributed by atoms with van der Waals surface area (Å²) in [5.41, 5.74) is -1.60. The summed E-state index contributed by atoms with van der Waals surface area (Å²) in [5.74, 6) is 0.256. The van der Waals surface area contributed by atoms with Gasteiger partial charge in [-0.2, -0.15) is 13.2 Å². The van der Waals surface area contributed by atoms with Gasteiger partial charge in [-0.15, -0.1) is 11.3 Å². The van der Waals surface area contributed by atoms with E-state index in [1.54, 1.807) is 5.38 Å². The highest BCUT2D eigenvalue weighted by atomic mass is 32.1. The molecule has 2 aromatic rings. The SMILES string of the molecule is CC(C)c1nc(Cn2cccc(C(F)(F)F)c2=O)cs1. The lowest BCUT2D eigenvalue weighted by Gasteiger charge is -2.09. The molecule has 3 nitrogen and oxygen atoms in total. The Bertz CT molecular complexity index is 658. The molecule has 0 unspecified atom stereocenters. The molecule has 0 fully saturated rings. The van der Waals surface area contributed by atoms with Crippen LogP contribution in [0.2, 0.25) is 0 Å². The molecule has 0 bridgehead atoms. The summed E-state index contributed by atoms with van der Waals surface area (Å²) in [6, 6.07) is 2.01. The van der Waals surface area contributed by atoms with Gasteiger partial charge in [0, 0.05) is 17.5 Å². The number of aromatic nitrogens is 2. The molecule has 0 saturated carbocycles. The molecular weight excluding hydrogens is 289 g/mol. The van der Waals surface area contributed by atoms with Gasteiger partial charge in [0.2, 0.25) is 0 Å². The molecule has 0 radical (unpaired) electrons. The van der Waals surface area contributed by atoms with Gasteiger partial charge in [0.25, 0.3) is 5.56 Å². The Morgan fingerprint density at radius 2 is 2.10 bits per heavy atom. The van der Waals surface area contributed by atoms with E-state index in [4.69, 9.17) is 0 Å². The zero-order chi connectivity index (χ0) is 14.9. The van der Waals surface area contributed by atoms with Gasteiger partial charge in [-0.25, -0.2) is 4.98 Å². The number of hydrogen-bond acceptors (Lipinski definition) is 3. The Kier molecular flexibility index (Phi) is 3.99. The van der Waals surface area contributed by atoms with Gasteiger partial charge in [0.05, 0.1) is 17.2 Å². The Labute approximate surface area is 117 Å². The second kappa shape index (κ2) is 5.40. The summed E-state index contributed by atoms with van der Waals surface area (Å²) < 4.78 is 39.0. The smallest absolute Gasteiger partial charge is 0.309 e. The van der Waals surface area contributed by atoms with Crippen LogP contribution < -0.4 is 5.56 Å². The van der Waals surface area contributed by atoms with E-state index < -0.39 is 17.3 Å². The summed E-state index contributed by atoms with van der Waals surface area (Å²) in [6.45, 7) is 4.02. The molecule has 0 aliphatic carbocycles. The quantitative estimate of drug-likeness (QED) is 0.870. The maximum absolute atomic E-state index is 12.7. The van der Waals surface area contributed by atoms with E-state index in [1.807, 2.05) is 13.8 Å². The predicted octanol–water partition coefficient (Wildman–Crippen LogP) is 3.50. The molecule has 7 heteroatoms. The van der Waals surface area contributed by atoms with Crippen molar-refractivity contribution in [2.75, 3.05) is 0 Å². The Balaban J connectivity index is 2.32. The first kappa shape index (κ1) is 14.8. The molecule has 0 spiro atoms. The van der Waals surface area contributed by atoms with Gasteiger partial charge in [-0.05, 0) is 12.1 Å². The van der Waals surface area contributed by atoms with Gasteiger partial charge in [-0.1, -0.05) is 13.8 Å². The minimum absolute atomic E-state index is 0.0476. The van der Waals surface area contributed by atoms with Gasteiger partial charge >= 0.3 is 6.18 Å². The Morgan fingerprint density at radius 3 is 2.65 bits per heavy atom. The van der Waals surface area contributed by atoms with Crippen LogP contribution in [0.3, 0.4) is 0 Å². The molecule has 0 aromatic carbocycles.